The third-order valence-electron chi connectivity index (χ3n) is 3.12. The van der Waals surface area contributed by atoms with Crippen molar-refractivity contribution in [2.45, 2.75) is 4.90 Å². The number of rotatable bonds is 4. The minimum Gasteiger partial charge on any atom is -0.494 e. The molecule has 0 aliphatic carbocycles. The van der Waals surface area contributed by atoms with Crippen LogP contribution in [0.15, 0.2) is 47.4 Å². The molecule has 0 atom stereocenters. The average Bonchev–Trinajstić information content (AvgIpc) is 2.96. The van der Waals surface area contributed by atoms with Gasteiger partial charge in [-0.25, -0.2) is 13.4 Å². The van der Waals surface area contributed by atoms with E-state index in [1.165, 1.54) is 30.6 Å². The molecular formula is C15H11N3O3S2. The van der Waals surface area contributed by atoms with Gasteiger partial charge in [-0.05, 0) is 24.3 Å². The number of para-hydroxylation sites is 1. The number of sulfonamides is 1. The minimum absolute atomic E-state index is 0.0753. The molecule has 3 rings (SSSR count). The van der Waals surface area contributed by atoms with Crippen LogP contribution in [0.25, 0.3) is 10.2 Å². The first kappa shape index (κ1) is 15.3. The van der Waals surface area contributed by atoms with Gasteiger partial charge in [0, 0.05) is 0 Å². The number of nitriles is 1. The molecule has 0 unspecified atom stereocenters. The Balaban J connectivity index is 2.03. The second kappa shape index (κ2) is 5.87. The van der Waals surface area contributed by atoms with E-state index in [0.717, 1.165) is 4.70 Å². The molecule has 6 nitrogen and oxygen atoms in total. The van der Waals surface area contributed by atoms with Gasteiger partial charge in [0.05, 0.1) is 17.4 Å². The Hall–Kier alpha value is -2.63. The molecule has 0 fully saturated rings. The SMILES string of the molecule is COc1cccc2sc(NS(=O)(=O)c3ccccc3C#N)nc12. The quantitative estimate of drug-likeness (QED) is 0.785. The third kappa shape index (κ3) is 2.84. The van der Waals surface area contributed by atoms with Crippen molar-refractivity contribution in [2.75, 3.05) is 11.8 Å². The summed E-state index contributed by atoms with van der Waals surface area (Å²) in [5, 5.41) is 9.28. The van der Waals surface area contributed by atoms with Crippen LogP contribution in [0.5, 0.6) is 5.75 Å². The zero-order valence-corrected chi connectivity index (χ0v) is 13.6. The van der Waals surface area contributed by atoms with E-state index < -0.39 is 10.0 Å². The highest BCUT2D eigenvalue weighted by Gasteiger charge is 2.20. The van der Waals surface area contributed by atoms with Crippen LogP contribution in [0.4, 0.5) is 5.13 Å². The lowest BCUT2D eigenvalue weighted by molar-refractivity contribution is 0.419. The fourth-order valence-electron chi connectivity index (χ4n) is 2.09. The van der Waals surface area contributed by atoms with E-state index in [0.29, 0.717) is 11.3 Å². The Morgan fingerprint density at radius 1 is 1.22 bits per heavy atom. The van der Waals surface area contributed by atoms with Crippen molar-refractivity contribution in [1.82, 2.24) is 4.98 Å². The summed E-state index contributed by atoms with van der Waals surface area (Å²) in [6, 6.07) is 13.3. The number of methoxy groups -OCH3 is 1. The maximum Gasteiger partial charge on any atom is 0.264 e. The van der Waals surface area contributed by atoms with Crippen molar-refractivity contribution in [3.63, 3.8) is 0 Å². The van der Waals surface area contributed by atoms with Gasteiger partial charge in [0.25, 0.3) is 10.0 Å². The monoisotopic (exact) mass is 345 g/mol. The molecule has 0 amide bonds. The Kier molecular flexibility index (Phi) is 3.90. The molecule has 8 heteroatoms. The molecule has 0 saturated carbocycles. The molecule has 1 heterocycles. The molecule has 2 aromatic carbocycles. The van der Waals surface area contributed by atoms with Crippen LogP contribution >= 0.6 is 11.3 Å². The topological polar surface area (TPSA) is 92.1 Å². The van der Waals surface area contributed by atoms with Crippen molar-refractivity contribution < 1.29 is 13.2 Å². The van der Waals surface area contributed by atoms with Crippen molar-refractivity contribution in [3.05, 3.63) is 48.0 Å². The van der Waals surface area contributed by atoms with E-state index in [-0.39, 0.29) is 15.6 Å². The van der Waals surface area contributed by atoms with E-state index in [4.69, 9.17) is 10.00 Å². The van der Waals surface area contributed by atoms with E-state index in [2.05, 4.69) is 9.71 Å². The van der Waals surface area contributed by atoms with E-state index in [1.807, 2.05) is 18.2 Å². The third-order valence-corrected chi connectivity index (χ3v) is 5.58. The summed E-state index contributed by atoms with van der Waals surface area (Å²) in [5.74, 6) is 0.571. The van der Waals surface area contributed by atoms with Gasteiger partial charge >= 0.3 is 0 Å². The number of nitrogens with zero attached hydrogens (tertiary/aromatic N) is 2. The van der Waals surface area contributed by atoms with Crippen molar-refractivity contribution in [2.24, 2.45) is 0 Å². The largest absolute Gasteiger partial charge is 0.494 e. The number of hydrogen-bond acceptors (Lipinski definition) is 6. The maximum absolute atomic E-state index is 12.5. The number of aromatic nitrogens is 1. The molecule has 1 aromatic heterocycles. The van der Waals surface area contributed by atoms with Crippen molar-refractivity contribution >= 4 is 36.7 Å². The smallest absolute Gasteiger partial charge is 0.264 e. The summed E-state index contributed by atoms with van der Waals surface area (Å²) < 4.78 is 33.4. The fraction of sp³-hybridized carbons (Fsp3) is 0.0667. The van der Waals surface area contributed by atoms with Gasteiger partial charge in [0.2, 0.25) is 0 Å². The Morgan fingerprint density at radius 2 is 2.00 bits per heavy atom. The van der Waals surface area contributed by atoms with Crippen LogP contribution in [0, 0.1) is 11.3 Å². The standard InChI is InChI=1S/C15H11N3O3S2/c1-21-11-6-4-7-12-14(11)17-15(22-12)18-23(19,20)13-8-3-2-5-10(13)9-16/h2-8H,1H3,(H,17,18). The lowest BCUT2D eigenvalue weighted by atomic mass is 10.2. The predicted octanol–water partition coefficient (Wildman–Crippen LogP) is 2.98. The first-order valence-electron chi connectivity index (χ1n) is 6.50. The second-order valence-corrected chi connectivity index (χ2v) is 7.22. The van der Waals surface area contributed by atoms with Gasteiger partial charge in [0.1, 0.15) is 22.2 Å². The molecule has 0 saturated heterocycles. The molecular weight excluding hydrogens is 334 g/mol. The van der Waals surface area contributed by atoms with Crippen molar-refractivity contribution in [1.29, 1.82) is 5.26 Å². The van der Waals surface area contributed by atoms with Gasteiger partial charge in [-0.2, -0.15) is 5.26 Å². The molecule has 0 bridgehead atoms. The Labute approximate surface area is 137 Å². The molecule has 0 aliphatic rings. The zero-order valence-electron chi connectivity index (χ0n) is 12.0. The number of nitrogens with one attached hydrogen (secondary N) is 1. The summed E-state index contributed by atoms with van der Waals surface area (Å²) in [6.45, 7) is 0. The first-order chi connectivity index (χ1) is 11.0. The number of benzene rings is 2. The average molecular weight is 345 g/mol. The highest BCUT2D eigenvalue weighted by atomic mass is 32.2. The minimum atomic E-state index is -3.89. The summed E-state index contributed by atoms with van der Waals surface area (Å²) in [4.78, 5) is 4.19. The lowest BCUT2D eigenvalue weighted by Crippen LogP contribution is -2.14. The van der Waals surface area contributed by atoms with E-state index >= 15 is 0 Å². The number of ether oxygens (including phenoxy) is 1. The van der Waals surface area contributed by atoms with Crippen LogP contribution in [0.3, 0.4) is 0 Å². The van der Waals surface area contributed by atoms with Crippen molar-refractivity contribution in [3.8, 4) is 11.8 Å². The van der Waals surface area contributed by atoms with Crippen LogP contribution in [0.2, 0.25) is 0 Å². The van der Waals surface area contributed by atoms with Gasteiger partial charge in [-0.15, -0.1) is 0 Å². The number of hydrogen-bond donors (Lipinski definition) is 1. The summed E-state index contributed by atoms with van der Waals surface area (Å²) in [6.07, 6.45) is 0. The molecule has 116 valence electrons. The van der Waals surface area contributed by atoms with Crippen LogP contribution in [0.1, 0.15) is 5.56 Å². The zero-order chi connectivity index (χ0) is 16.4. The summed E-state index contributed by atoms with van der Waals surface area (Å²) >= 11 is 1.20. The first-order valence-corrected chi connectivity index (χ1v) is 8.80. The molecule has 1 N–H and O–H groups in total. The highest BCUT2D eigenvalue weighted by molar-refractivity contribution is 7.93. The number of fused-ring (bicyclic) bond motifs is 1. The Morgan fingerprint density at radius 3 is 2.74 bits per heavy atom. The van der Waals surface area contributed by atoms with Gasteiger partial charge in [-0.3, -0.25) is 4.72 Å². The van der Waals surface area contributed by atoms with Crippen LogP contribution in [-0.2, 0) is 10.0 Å². The lowest BCUT2D eigenvalue weighted by Gasteiger charge is -2.06. The summed E-state index contributed by atoms with van der Waals surface area (Å²) in [7, 11) is -2.36. The maximum atomic E-state index is 12.5. The van der Waals surface area contributed by atoms with Crippen LogP contribution < -0.4 is 9.46 Å². The van der Waals surface area contributed by atoms with E-state index in [9.17, 15) is 8.42 Å². The molecule has 0 spiro atoms. The summed E-state index contributed by atoms with van der Waals surface area (Å²) in [5.41, 5.74) is 0.671. The Bertz CT molecular complexity index is 1020. The highest BCUT2D eigenvalue weighted by Crippen LogP contribution is 2.33. The fourth-order valence-corrected chi connectivity index (χ4v) is 4.37. The number of thiazole rings is 1. The van der Waals surface area contributed by atoms with E-state index in [1.54, 1.807) is 18.2 Å². The van der Waals surface area contributed by atoms with Gasteiger partial charge in [0.15, 0.2) is 5.13 Å². The normalized spacial score (nSPS) is 11.1. The number of anilines is 1. The van der Waals surface area contributed by atoms with Crippen LogP contribution in [-0.4, -0.2) is 20.5 Å². The van der Waals surface area contributed by atoms with Gasteiger partial charge in [-0.1, -0.05) is 29.5 Å². The molecule has 23 heavy (non-hydrogen) atoms. The predicted molar refractivity (Wildman–Crippen MR) is 88.1 cm³/mol. The van der Waals surface area contributed by atoms with Gasteiger partial charge < -0.3 is 4.74 Å². The second-order valence-electron chi connectivity index (χ2n) is 4.54. The molecule has 3 aromatic rings. The molecule has 0 radical (unpaired) electrons. The molecule has 0 aliphatic heterocycles.